The summed E-state index contributed by atoms with van der Waals surface area (Å²) in [6.45, 7) is 4.04. The zero-order valence-corrected chi connectivity index (χ0v) is 28.7. The Balaban J connectivity index is 1.20. The number of para-hydroxylation sites is 1. The number of nitrogens with one attached hydrogen (secondary N) is 4. The molecule has 4 atom stereocenters. The fourth-order valence-corrected chi connectivity index (χ4v) is 9.33. The normalized spacial score (nSPS) is 23.8. The van der Waals surface area contributed by atoms with Gasteiger partial charge in [0.25, 0.3) is 0 Å². The molecule has 4 aliphatic heterocycles. The average molecular weight is 693 g/mol. The van der Waals surface area contributed by atoms with Crippen molar-refractivity contribution in [2.75, 3.05) is 5.32 Å². The largest absolute Gasteiger partial charge is 0.469 e. The first-order valence-electron chi connectivity index (χ1n) is 18.3. The molecule has 260 valence electrons. The molecule has 52 heavy (non-hydrogen) atoms. The molecule has 4 N–H and O–H groups in total. The van der Waals surface area contributed by atoms with E-state index in [9.17, 15) is 9.59 Å². The van der Waals surface area contributed by atoms with Crippen LogP contribution in [0.4, 0.5) is 5.69 Å². The highest BCUT2D eigenvalue weighted by atomic mass is 16.5. The molecule has 11 heteroatoms. The summed E-state index contributed by atoms with van der Waals surface area (Å²) < 4.78 is 20.5. The second-order valence-corrected chi connectivity index (χ2v) is 15.2. The Labute approximate surface area is 298 Å². The molecule has 1 aliphatic carbocycles. The van der Waals surface area contributed by atoms with Crippen LogP contribution < -0.4 is 20.7 Å². The molecule has 6 aromatic rings. The lowest BCUT2D eigenvalue weighted by molar-refractivity contribution is -0.131. The van der Waals surface area contributed by atoms with Gasteiger partial charge in [0.15, 0.2) is 23.4 Å². The fourth-order valence-electron chi connectivity index (χ4n) is 9.33. The number of fused-ring (bicyclic) bond motifs is 7. The molecule has 1 saturated carbocycles. The number of carbonyl (C=O) groups is 2. The maximum Gasteiger partial charge on any atom is 0.249 e. The molecule has 7 heterocycles. The van der Waals surface area contributed by atoms with Gasteiger partial charge in [0, 0.05) is 57.4 Å². The Hall–Kier alpha value is -5.84. The lowest BCUT2D eigenvalue weighted by Crippen LogP contribution is -2.50. The SMILES string of the molecule is CC(C)[C@@H]1NC(=O)[C@@H](NC(=O)C2CCCC2)Cc2ccc3c(c2)C24c5cccc(c5NC2O3)-c2cccc3[nH]cc(c23)-c2cnc(o2)-c2nc1oc24. The molecule has 11 nitrogen and oxygen atoms in total. The van der Waals surface area contributed by atoms with Gasteiger partial charge in [0.05, 0.1) is 6.20 Å². The summed E-state index contributed by atoms with van der Waals surface area (Å²) >= 11 is 0. The van der Waals surface area contributed by atoms with Crippen LogP contribution >= 0.6 is 0 Å². The van der Waals surface area contributed by atoms with Gasteiger partial charge in [-0.2, -0.15) is 0 Å². The lowest BCUT2D eigenvalue weighted by Gasteiger charge is -2.29. The number of aromatic amines is 1. The number of nitrogens with zero attached hydrogens (tertiary/aromatic N) is 2. The Kier molecular flexibility index (Phi) is 6.08. The zero-order chi connectivity index (χ0) is 34.9. The van der Waals surface area contributed by atoms with Crippen molar-refractivity contribution >= 4 is 28.4 Å². The van der Waals surface area contributed by atoms with Gasteiger partial charge >= 0.3 is 0 Å². The van der Waals surface area contributed by atoms with Gasteiger partial charge in [0.1, 0.15) is 23.2 Å². The zero-order valence-electron chi connectivity index (χ0n) is 28.7. The van der Waals surface area contributed by atoms with E-state index in [1.807, 2.05) is 32.2 Å². The third-order valence-corrected chi connectivity index (χ3v) is 11.9. The first-order chi connectivity index (χ1) is 25.4. The predicted octanol–water partition coefficient (Wildman–Crippen LogP) is 6.98. The second kappa shape index (κ2) is 10.6. The van der Waals surface area contributed by atoms with E-state index in [4.69, 9.17) is 23.5 Å². The van der Waals surface area contributed by atoms with Crippen LogP contribution in [0.5, 0.6) is 5.75 Å². The van der Waals surface area contributed by atoms with Crippen molar-refractivity contribution in [2.45, 2.75) is 69.7 Å². The van der Waals surface area contributed by atoms with E-state index < -0.39 is 23.7 Å². The van der Waals surface area contributed by atoms with Gasteiger partial charge in [-0.25, -0.2) is 9.97 Å². The summed E-state index contributed by atoms with van der Waals surface area (Å²) in [6, 6.07) is 17.2. The van der Waals surface area contributed by atoms with Crippen molar-refractivity contribution < 1.29 is 23.2 Å². The molecular weight excluding hydrogens is 656 g/mol. The quantitative estimate of drug-likeness (QED) is 0.155. The van der Waals surface area contributed by atoms with E-state index in [1.54, 1.807) is 6.20 Å². The molecule has 0 saturated heterocycles. The number of hydrogen-bond donors (Lipinski definition) is 4. The molecule has 3 aromatic heterocycles. The van der Waals surface area contributed by atoms with Crippen molar-refractivity contribution in [3.8, 4) is 39.8 Å². The first kappa shape index (κ1) is 29.8. The van der Waals surface area contributed by atoms with Gasteiger partial charge in [-0.3, -0.25) is 9.59 Å². The molecule has 11 rings (SSSR count). The lowest BCUT2D eigenvalue weighted by atomic mass is 9.72. The standard InChI is InChI=1S/C41H36N6O5/c1-19(2)32-39-46-34-35(52-39)41-25-11-5-10-23(22-9-6-12-27-31(22)24(17-42-27)30-18-43-38(34)50-30)33(25)47-40(41)51-29-14-13-20(15-26(29)41)16-28(37(49)45-32)44-36(48)21-7-3-4-8-21/h5-6,9-15,17-19,21,28,32,40,42,47H,3-4,7-8,16H2,1-2H3,(H,44,48)(H,45,49)/t28-,32-,40?,41?/m0/s1. The molecule has 2 unspecified atom stereocenters. The van der Waals surface area contributed by atoms with Crippen LogP contribution in [0.1, 0.15) is 73.9 Å². The first-order valence-corrected chi connectivity index (χ1v) is 18.3. The third-order valence-electron chi connectivity index (χ3n) is 11.9. The van der Waals surface area contributed by atoms with E-state index in [-0.39, 0.29) is 23.7 Å². The highest BCUT2D eigenvalue weighted by Gasteiger charge is 2.61. The minimum atomic E-state index is -1.01. The van der Waals surface area contributed by atoms with Crippen molar-refractivity contribution in [1.82, 2.24) is 25.6 Å². The van der Waals surface area contributed by atoms with Gasteiger partial charge in [-0.05, 0) is 42.0 Å². The minimum Gasteiger partial charge on any atom is -0.469 e. The van der Waals surface area contributed by atoms with Crippen LogP contribution in [0.3, 0.4) is 0 Å². The van der Waals surface area contributed by atoms with Crippen molar-refractivity contribution in [1.29, 1.82) is 0 Å². The highest BCUT2D eigenvalue weighted by molar-refractivity contribution is 6.07. The highest BCUT2D eigenvalue weighted by Crippen LogP contribution is 2.61. The minimum absolute atomic E-state index is 0.0700. The summed E-state index contributed by atoms with van der Waals surface area (Å²) in [7, 11) is 0. The maximum absolute atomic E-state index is 14.2. The van der Waals surface area contributed by atoms with Crippen LogP contribution in [-0.2, 0) is 21.4 Å². The van der Waals surface area contributed by atoms with Gasteiger partial charge in [0.2, 0.25) is 23.6 Å². The molecule has 0 radical (unpaired) electrons. The maximum atomic E-state index is 14.2. The number of anilines is 1. The number of ether oxygens (including phenoxy) is 1. The summed E-state index contributed by atoms with van der Waals surface area (Å²) in [6.07, 6.45) is 7.14. The van der Waals surface area contributed by atoms with Crippen molar-refractivity contribution in [3.05, 3.63) is 95.3 Å². The summed E-state index contributed by atoms with van der Waals surface area (Å²) in [5, 5.41) is 11.2. The smallest absolute Gasteiger partial charge is 0.249 e. The van der Waals surface area contributed by atoms with Crippen LogP contribution in [0.25, 0.3) is 44.9 Å². The Morgan fingerprint density at radius 2 is 1.83 bits per heavy atom. The molecule has 10 bridgehead atoms. The number of amides is 2. The molecule has 1 fully saturated rings. The van der Waals surface area contributed by atoms with Crippen LogP contribution in [0, 0.1) is 11.8 Å². The van der Waals surface area contributed by atoms with Crippen LogP contribution in [0.2, 0.25) is 0 Å². The summed E-state index contributed by atoms with van der Waals surface area (Å²) in [4.78, 5) is 41.2. The molecule has 5 aliphatic rings. The van der Waals surface area contributed by atoms with Gasteiger partial charge in [-0.15, -0.1) is 0 Å². The monoisotopic (exact) mass is 692 g/mol. The summed E-state index contributed by atoms with van der Waals surface area (Å²) in [5.74, 6) is 1.92. The topological polar surface area (TPSA) is 147 Å². The van der Waals surface area contributed by atoms with E-state index in [0.717, 1.165) is 75.7 Å². The summed E-state index contributed by atoms with van der Waals surface area (Å²) in [5.41, 5.74) is 7.05. The third kappa shape index (κ3) is 3.96. The van der Waals surface area contributed by atoms with E-state index >= 15 is 0 Å². The molecule has 3 aromatic carbocycles. The number of aromatic nitrogens is 3. The molecule has 2 amide bonds. The fraction of sp³-hybridized carbons (Fsp3) is 0.317. The Bertz CT molecular complexity index is 2490. The van der Waals surface area contributed by atoms with Gasteiger partial charge in [-0.1, -0.05) is 69.2 Å². The number of oxazole rings is 2. The van der Waals surface area contributed by atoms with E-state index in [2.05, 4.69) is 63.4 Å². The van der Waals surface area contributed by atoms with Crippen molar-refractivity contribution in [3.63, 3.8) is 0 Å². The van der Waals surface area contributed by atoms with Crippen LogP contribution in [-0.4, -0.2) is 39.0 Å². The van der Waals surface area contributed by atoms with E-state index in [0.29, 0.717) is 41.2 Å². The number of hydrogen-bond acceptors (Lipinski definition) is 8. The predicted molar refractivity (Wildman–Crippen MR) is 192 cm³/mol. The van der Waals surface area contributed by atoms with Crippen molar-refractivity contribution in [2.24, 2.45) is 11.8 Å². The van der Waals surface area contributed by atoms with Crippen LogP contribution in [0.15, 0.2) is 75.8 Å². The molecule has 1 spiro atoms. The number of benzene rings is 3. The molecular formula is C41H36N6O5. The van der Waals surface area contributed by atoms with E-state index in [1.165, 1.54) is 0 Å². The van der Waals surface area contributed by atoms with Gasteiger partial charge < -0.3 is 34.5 Å². The number of H-pyrrole nitrogens is 1. The average Bonchev–Trinajstić information content (AvgIpc) is 3.99. The number of rotatable bonds is 3. The second-order valence-electron chi connectivity index (χ2n) is 15.2. The number of carbonyl (C=O) groups excluding carboxylic acids is 2. The Morgan fingerprint density at radius 1 is 0.981 bits per heavy atom. The Morgan fingerprint density at radius 3 is 2.69 bits per heavy atom.